The second-order valence-corrected chi connectivity index (χ2v) is 7.89. The van der Waals surface area contributed by atoms with Gasteiger partial charge in [0.2, 0.25) is 0 Å². The van der Waals surface area contributed by atoms with E-state index in [2.05, 4.69) is 32.5 Å². The number of benzene rings is 1. The van der Waals surface area contributed by atoms with Crippen LogP contribution in [0.25, 0.3) is 17.0 Å². The molecule has 0 atom stereocenters. The summed E-state index contributed by atoms with van der Waals surface area (Å²) >= 11 is 1.88. The first kappa shape index (κ1) is 16.4. The van der Waals surface area contributed by atoms with Crippen LogP contribution in [0.15, 0.2) is 42.7 Å². The van der Waals surface area contributed by atoms with Gasteiger partial charge in [-0.3, -0.25) is 0 Å². The van der Waals surface area contributed by atoms with Gasteiger partial charge >= 0.3 is 0 Å². The van der Waals surface area contributed by atoms with Gasteiger partial charge in [-0.15, -0.1) is 11.3 Å². The van der Waals surface area contributed by atoms with Crippen LogP contribution in [-0.2, 0) is 19.3 Å². The second-order valence-electron chi connectivity index (χ2n) is 6.73. The van der Waals surface area contributed by atoms with Crippen molar-refractivity contribution in [1.29, 1.82) is 0 Å². The number of hydrogen-bond acceptors (Lipinski definition) is 6. The maximum atomic E-state index is 4.83. The van der Waals surface area contributed by atoms with Gasteiger partial charge in [-0.25, -0.2) is 9.97 Å². The van der Waals surface area contributed by atoms with E-state index in [4.69, 9.17) is 4.98 Å². The van der Waals surface area contributed by atoms with E-state index in [0.29, 0.717) is 5.78 Å². The Balaban J connectivity index is 1.36. The fourth-order valence-electron chi connectivity index (χ4n) is 3.50. The fourth-order valence-corrected chi connectivity index (χ4v) is 4.66. The van der Waals surface area contributed by atoms with Gasteiger partial charge in [0, 0.05) is 29.5 Å². The average molecular weight is 376 g/mol. The largest absolute Gasteiger partial charge is 0.369 e. The molecule has 1 aliphatic rings. The number of nitrogens with zero attached hydrogens (tertiary/aromatic N) is 5. The molecule has 0 unspecified atom stereocenters. The van der Waals surface area contributed by atoms with Crippen molar-refractivity contribution in [2.24, 2.45) is 0 Å². The Bertz CT molecular complexity index is 1050. The molecule has 0 saturated heterocycles. The normalized spacial score (nSPS) is 13.6. The van der Waals surface area contributed by atoms with E-state index in [9.17, 15) is 0 Å². The van der Waals surface area contributed by atoms with E-state index in [1.165, 1.54) is 41.2 Å². The Kier molecular flexibility index (Phi) is 4.29. The number of thiazole rings is 1. The number of rotatable bonds is 5. The van der Waals surface area contributed by atoms with Gasteiger partial charge in [0.1, 0.15) is 12.1 Å². The molecule has 3 aromatic heterocycles. The van der Waals surface area contributed by atoms with Gasteiger partial charge in [0.05, 0.1) is 16.4 Å². The maximum Gasteiger partial charge on any atom is 0.254 e. The number of aromatic nitrogens is 5. The predicted octanol–water partition coefficient (Wildman–Crippen LogP) is 3.78. The minimum atomic E-state index is 0.601. The van der Waals surface area contributed by atoms with Crippen LogP contribution in [0.1, 0.15) is 28.4 Å². The molecule has 0 bridgehead atoms. The summed E-state index contributed by atoms with van der Waals surface area (Å²) in [6.07, 6.45) is 7.37. The highest BCUT2D eigenvalue weighted by molar-refractivity contribution is 7.11. The van der Waals surface area contributed by atoms with Gasteiger partial charge in [0.15, 0.2) is 0 Å². The van der Waals surface area contributed by atoms with Crippen molar-refractivity contribution < 1.29 is 0 Å². The van der Waals surface area contributed by atoms with Gasteiger partial charge in [0.25, 0.3) is 5.78 Å². The molecule has 3 heterocycles. The van der Waals surface area contributed by atoms with E-state index in [1.54, 1.807) is 4.52 Å². The SMILES string of the molecule is c1ccc(-c2cc(NCCc3nc4c(s3)CCCC4)n3ncnc3n2)cc1. The molecule has 1 aliphatic carbocycles. The van der Waals surface area contributed by atoms with Crippen LogP contribution >= 0.6 is 11.3 Å². The van der Waals surface area contributed by atoms with Gasteiger partial charge in [-0.05, 0) is 25.7 Å². The van der Waals surface area contributed by atoms with Crippen LogP contribution in [0.2, 0.25) is 0 Å². The lowest BCUT2D eigenvalue weighted by atomic mass is 10.0. The van der Waals surface area contributed by atoms with Crippen LogP contribution in [0.4, 0.5) is 5.82 Å². The molecule has 136 valence electrons. The van der Waals surface area contributed by atoms with E-state index >= 15 is 0 Å². The lowest BCUT2D eigenvalue weighted by molar-refractivity contribution is 0.680. The smallest absolute Gasteiger partial charge is 0.254 e. The lowest BCUT2D eigenvalue weighted by Gasteiger charge is -2.09. The molecular formula is C20H20N6S. The van der Waals surface area contributed by atoms with E-state index in [1.807, 2.05) is 35.6 Å². The van der Waals surface area contributed by atoms with Crippen LogP contribution in [-0.4, -0.2) is 31.1 Å². The molecule has 7 heteroatoms. The second kappa shape index (κ2) is 7.08. The molecule has 0 radical (unpaired) electrons. The molecule has 1 N–H and O–H groups in total. The van der Waals surface area contributed by atoms with Gasteiger partial charge < -0.3 is 5.32 Å². The fraction of sp³-hybridized carbons (Fsp3) is 0.300. The van der Waals surface area contributed by atoms with Crippen LogP contribution in [0.3, 0.4) is 0 Å². The molecule has 0 saturated carbocycles. The monoisotopic (exact) mass is 376 g/mol. The summed E-state index contributed by atoms with van der Waals surface area (Å²) in [5, 5.41) is 9.02. The minimum Gasteiger partial charge on any atom is -0.369 e. The van der Waals surface area contributed by atoms with Crippen molar-refractivity contribution in [2.75, 3.05) is 11.9 Å². The first-order valence-corrected chi connectivity index (χ1v) is 10.2. The van der Waals surface area contributed by atoms with Crippen LogP contribution in [0, 0.1) is 0 Å². The number of hydrogen-bond donors (Lipinski definition) is 1. The molecule has 4 aromatic rings. The summed E-state index contributed by atoms with van der Waals surface area (Å²) in [5.41, 5.74) is 3.29. The quantitative estimate of drug-likeness (QED) is 0.574. The van der Waals surface area contributed by atoms with E-state index in [0.717, 1.165) is 36.5 Å². The maximum absolute atomic E-state index is 4.83. The summed E-state index contributed by atoms with van der Waals surface area (Å²) < 4.78 is 1.75. The summed E-state index contributed by atoms with van der Waals surface area (Å²) in [7, 11) is 0. The van der Waals surface area contributed by atoms with Crippen molar-refractivity contribution in [2.45, 2.75) is 32.1 Å². The van der Waals surface area contributed by atoms with Gasteiger partial charge in [-0.2, -0.15) is 14.6 Å². The number of fused-ring (bicyclic) bond motifs is 2. The third-order valence-electron chi connectivity index (χ3n) is 4.86. The van der Waals surface area contributed by atoms with Crippen molar-refractivity contribution in [1.82, 2.24) is 24.6 Å². The first-order valence-electron chi connectivity index (χ1n) is 9.34. The molecule has 1 aromatic carbocycles. The molecule has 0 aliphatic heterocycles. The lowest BCUT2D eigenvalue weighted by Crippen LogP contribution is -2.10. The van der Waals surface area contributed by atoms with E-state index < -0.39 is 0 Å². The minimum absolute atomic E-state index is 0.601. The van der Waals surface area contributed by atoms with Crippen molar-refractivity contribution in [3.05, 3.63) is 58.3 Å². The average Bonchev–Trinajstić information content (AvgIpc) is 3.35. The highest BCUT2D eigenvalue weighted by atomic mass is 32.1. The third kappa shape index (κ3) is 3.30. The number of anilines is 1. The van der Waals surface area contributed by atoms with Crippen molar-refractivity contribution >= 4 is 22.9 Å². The highest BCUT2D eigenvalue weighted by Crippen LogP contribution is 2.27. The zero-order valence-electron chi connectivity index (χ0n) is 14.9. The van der Waals surface area contributed by atoms with Crippen LogP contribution in [0.5, 0.6) is 0 Å². The van der Waals surface area contributed by atoms with Crippen molar-refractivity contribution in [3.8, 4) is 11.3 Å². The third-order valence-corrected chi connectivity index (χ3v) is 6.07. The molecule has 0 spiro atoms. The topological polar surface area (TPSA) is 68.0 Å². The molecule has 0 fully saturated rings. The Morgan fingerprint density at radius 3 is 2.85 bits per heavy atom. The van der Waals surface area contributed by atoms with Crippen molar-refractivity contribution in [3.63, 3.8) is 0 Å². The summed E-state index contributed by atoms with van der Waals surface area (Å²) in [6, 6.07) is 12.2. The molecule has 0 amide bonds. The molecule has 6 nitrogen and oxygen atoms in total. The van der Waals surface area contributed by atoms with Gasteiger partial charge in [-0.1, -0.05) is 30.3 Å². The zero-order chi connectivity index (χ0) is 18.1. The Morgan fingerprint density at radius 1 is 1.07 bits per heavy atom. The number of nitrogens with one attached hydrogen (secondary N) is 1. The first-order chi connectivity index (χ1) is 13.4. The highest BCUT2D eigenvalue weighted by Gasteiger charge is 2.15. The zero-order valence-corrected chi connectivity index (χ0v) is 15.7. The predicted molar refractivity (Wildman–Crippen MR) is 107 cm³/mol. The molecular weight excluding hydrogens is 356 g/mol. The Morgan fingerprint density at radius 2 is 1.96 bits per heavy atom. The molecule has 27 heavy (non-hydrogen) atoms. The summed E-state index contributed by atoms with van der Waals surface area (Å²) in [5.74, 6) is 1.50. The molecule has 5 rings (SSSR count). The summed E-state index contributed by atoms with van der Waals surface area (Å²) in [4.78, 5) is 15.2. The van der Waals surface area contributed by atoms with E-state index in [-0.39, 0.29) is 0 Å². The Labute approximate surface area is 161 Å². The summed E-state index contributed by atoms with van der Waals surface area (Å²) in [6.45, 7) is 0.805. The standard InChI is InChI=1S/C20H20N6S/c1-2-6-14(7-3-1)16-12-18(26-20(25-16)22-13-23-26)21-11-10-19-24-15-8-4-5-9-17(15)27-19/h1-3,6-7,12-13,21H,4-5,8-11H2. The number of aryl methyl sites for hydroxylation is 2. The van der Waals surface area contributed by atoms with Crippen LogP contribution < -0.4 is 5.32 Å². The Hall–Kier alpha value is -2.80.